The maximum atomic E-state index is 14.5. The third-order valence-corrected chi connectivity index (χ3v) is 18.8. The van der Waals surface area contributed by atoms with E-state index in [9.17, 15) is 88.3 Å². The van der Waals surface area contributed by atoms with Crippen molar-refractivity contribution in [3.63, 3.8) is 0 Å². The average Bonchev–Trinajstić information content (AvgIpc) is 1.75. The van der Waals surface area contributed by atoms with Gasteiger partial charge in [0.1, 0.15) is 24.2 Å². The molecule has 2 fully saturated rings. The summed E-state index contributed by atoms with van der Waals surface area (Å²) in [5.74, 6) is -24.6. The molecule has 2 unspecified atom stereocenters. The molecule has 576 valence electrons. The number of methoxy groups -OCH3 is 2. The molecule has 103 heavy (non-hydrogen) atoms. The van der Waals surface area contributed by atoms with Gasteiger partial charge >= 0.3 is 18.2 Å². The molecule has 0 aliphatic carbocycles. The van der Waals surface area contributed by atoms with E-state index in [0.29, 0.717) is 31.4 Å². The molecule has 9 N–H and O–H groups in total. The van der Waals surface area contributed by atoms with Gasteiger partial charge in [-0.1, -0.05) is 80.9 Å². The Morgan fingerprint density at radius 3 is 1.86 bits per heavy atom. The van der Waals surface area contributed by atoms with Crippen LogP contribution in [-0.2, 0) is 59.2 Å². The van der Waals surface area contributed by atoms with Crippen molar-refractivity contribution >= 4 is 64.9 Å². The molecule has 2 saturated heterocycles. The zero-order valence-electron chi connectivity index (χ0n) is 60.8. The fourth-order valence-electron chi connectivity index (χ4n) is 13.0. The summed E-state index contributed by atoms with van der Waals surface area (Å²) < 4.78 is 129. The number of likely N-dealkylation sites (N-methyl/N-ethyl adjacent to an activating group) is 2. The third kappa shape index (κ3) is 24.1. The van der Waals surface area contributed by atoms with E-state index in [0.717, 1.165) is 4.90 Å². The van der Waals surface area contributed by atoms with E-state index in [4.69, 9.17) is 15.2 Å². The fraction of sp³-hybridized carbons (Fsp3) is 0.667. The maximum absolute atomic E-state index is 14.5. The first kappa shape index (κ1) is 87.1. The summed E-state index contributed by atoms with van der Waals surface area (Å²) in [7, 11) is 8.12. The van der Waals surface area contributed by atoms with Gasteiger partial charge in [0.25, 0.3) is 5.91 Å². The molecule has 0 spiro atoms. The van der Waals surface area contributed by atoms with E-state index < -0.39 is 187 Å². The number of primary amides is 1. The number of likely N-dealkylation sites (tertiary alicyclic amines) is 2. The molecule has 0 saturated carbocycles. The van der Waals surface area contributed by atoms with Gasteiger partial charge in [-0.3, -0.25) is 53.0 Å². The first-order valence-electron chi connectivity index (χ1n) is 34.4. The van der Waals surface area contributed by atoms with E-state index in [2.05, 4.69) is 42.0 Å². The number of urea groups is 1. The SMILES string of the molecule is CC[C@H](C)[C@@H]([C@@H](CC(=O)N1CCC[C@H]1[C@H](OC)[C@@H](C)C(=O)N[C@@H](C#N)C(=O)NCc1ccc(NC(=O)[C@H](CCCNC(N)=O)NC(=O)[C@@H](NC(=O)CCCN2CCC(C(=O)Oc3c(F)c(F)c(F)c(F)c3F)CC2C(F)(F)F)C(C)C)cc1)OC)N(C)C(=O)[C@@H](NC(=O)[C@H](C(C)C)N(C)C)C(C)C. The van der Waals surface area contributed by atoms with Gasteiger partial charge in [-0.2, -0.15) is 27.2 Å². The van der Waals surface area contributed by atoms with Crippen molar-refractivity contribution in [1.82, 2.24) is 51.5 Å². The first-order valence-corrected chi connectivity index (χ1v) is 34.4. The van der Waals surface area contributed by atoms with Crippen LogP contribution in [-0.4, -0.2) is 207 Å². The number of nitriles is 1. The Morgan fingerprint density at radius 1 is 0.718 bits per heavy atom. The number of hydrogen-bond acceptors (Lipinski definition) is 16. The van der Waals surface area contributed by atoms with Crippen LogP contribution >= 0.6 is 0 Å². The van der Waals surface area contributed by atoms with Gasteiger partial charge in [0.15, 0.2) is 6.04 Å². The summed E-state index contributed by atoms with van der Waals surface area (Å²) in [5, 5.41) is 28.4. The van der Waals surface area contributed by atoms with Crippen LogP contribution in [0.4, 0.5) is 45.6 Å². The number of carbonyl (C=O) groups is 10. The van der Waals surface area contributed by atoms with Crippen molar-refractivity contribution in [2.24, 2.45) is 41.2 Å². The topological polar surface area (TPSA) is 345 Å². The number of amides is 10. The molecule has 2 aliphatic rings. The predicted octanol–water partition coefficient (Wildman–Crippen LogP) is 5.70. The van der Waals surface area contributed by atoms with Gasteiger partial charge in [0.2, 0.25) is 76.2 Å². The highest BCUT2D eigenvalue weighted by Crippen LogP contribution is 2.37. The number of alkyl halides is 3. The Balaban J connectivity index is 1.35. The lowest BCUT2D eigenvalue weighted by molar-refractivity contribution is -0.197. The number of benzene rings is 2. The van der Waals surface area contributed by atoms with Crippen molar-refractivity contribution in [2.45, 2.75) is 200 Å². The minimum absolute atomic E-state index is 0.0112. The van der Waals surface area contributed by atoms with E-state index in [-0.39, 0.29) is 86.5 Å². The quantitative estimate of drug-likeness (QED) is 0.0100. The molecule has 0 aromatic heterocycles. The standard InChI is InChI=1S/C69H101F8N13O13/c1-15-38(8)58(88(12)66(98)56(36(4)5)86-65(97)57(37(6)7)87(10)11)46(101-13)32-49(92)90-29-17-20-45(90)59(102-14)39(9)61(93)84-44(33-78)62(94)81-34-40-22-24-42(25-23-40)82-63(95)43(19-16-27-80-68(79)100)83-64(96)55(35(2)3)85-48(91)21-18-28-89-30-26-41(31-47(89)69(75,76)77)67(99)103-60-53(73)51(71)50(70)52(72)54(60)74/h22-25,35-39,41,43-47,55-59H,15-21,26-32,34H2,1-14H3,(H,81,94)(H,82,95)(H,83,96)(H,84,93)(H,85,91)(H,86,97)(H3,79,80,100)/t38-,39+,41?,43-,44-,45-,46+,47?,55-,56-,57-,58-,59+/m0/s1. The van der Waals surface area contributed by atoms with Gasteiger partial charge in [0, 0.05) is 53.0 Å². The van der Waals surface area contributed by atoms with Crippen LogP contribution in [0.1, 0.15) is 132 Å². The number of piperidine rings is 1. The van der Waals surface area contributed by atoms with Gasteiger partial charge in [-0.05, 0) is 113 Å². The molecular formula is C69H101F8N13O13. The van der Waals surface area contributed by atoms with E-state index in [1.807, 2.05) is 46.4 Å². The van der Waals surface area contributed by atoms with Gasteiger partial charge in [-0.15, -0.1) is 0 Å². The number of rotatable bonds is 37. The zero-order chi connectivity index (χ0) is 77.7. The molecule has 10 amide bonds. The second-order valence-electron chi connectivity index (χ2n) is 27.5. The molecule has 13 atom stereocenters. The minimum Gasteiger partial charge on any atom is -0.420 e. The van der Waals surface area contributed by atoms with Crippen LogP contribution < -0.4 is 47.7 Å². The molecule has 2 heterocycles. The zero-order valence-corrected chi connectivity index (χ0v) is 60.8. The molecule has 0 radical (unpaired) electrons. The largest absolute Gasteiger partial charge is 0.420 e. The summed E-state index contributed by atoms with van der Waals surface area (Å²) in [6.45, 7) is 15.5. The fourth-order valence-corrected chi connectivity index (χ4v) is 13.0. The predicted molar refractivity (Wildman–Crippen MR) is 360 cm³/mol. The Morgan fingerprint density at radius 2 is 1.33 bits per heavy atom. The number of hydrogen-bond donors (Lipinski definition) is 8. The second-order valence-corrected chi connectivity index (χ2v) is 27.5. The van der Waals surface area contributed by atoms with E-state index in [1.54, 1.807) is 57.8 Å². The Hall–Kier alpha value is -8.29. The molecule has 26 nitrogen and oxygen atoms in total. The number of nitrogens with one attached hydrogen (secondary N) is 7. The van der Waals surface area contributed by atoms with Gasteiger partial charge < -0.3 is 67.0 Å². The number of halogens is 8. The Labute approximate surface area is 595 Å². The van der Waals surface area contributed by atoms with E-state index in [1.165, 1.54) is 38.5 Å². The normalized spacial score (nSPS) is 18.6. The Bertz CT molecular complexity index is 3270. The van der Waals surface area contributed by atoms with Gasteiger partial charge in [-0.25, -0.2) is 18.0 Å². The van der Waals surface area contributed by atoms with Crippen LogP contribution in [0.5, 0.6) is 5.75 Å². The van der Waals surface area contributed by atoms with Crippen LogP contribution in [0.15, 0.2) is 24.3 Å². The van der Waals surface area contributed by atoms with Crippen LogP contribution in [0.25, 0.3) is 0 Å². The molecule has 0 bridgehead atoms. The van der Waals surface area contributed by atoms with Crippen LogP contribution in [0.2, 0.25) is 0 Å². The molecule has 2 aliphatic heterocycles. The van der Waals surface area contributed by atoms with Crippen molar-refractivity contribution in [1.29, 1.82) is 5.26 Å². The van der Waals surface area contributed by atoms with Gasteiger partial charge in [0.05, 0.1) is 54.7 Å². The lowest BCUT2D eigenvalue weighted by Crippen LogP contribution is -2.59. The highest BCUT2D eigenvalue weighted by Gasteiger charge is 2.49. The minimum atomic E-state index is -5.00. The summed E-state index contributed by atoms with van der Waals surface area (Å²) in [5.41, 5.74) is 5.89. The smallest absolute Gasteiger partial charge is 0.404 e. The molecule has 4 rings (SSSR count). The number of nitrogens with two attached hydrogens (primary N) is 1. The average molecular weight is 1470 g/mol. The number of ether oxygens (including phenoxy) is 3. The molecule has 34 heteroatoms. The maximum Gasteiger partial charge on any atom is 0.404 e. The van der Waals surface area contributed by atoms with Crippen LogP contribution in [0.3, 0.4) is 0 Å². The van der Waals surface area contributed by atoms with Crippen molar-refractivity contribution in [3.05, 3.63) is 58.9 Å². The number of carbonyl (C=O) groups excluding carboxylic acids is 10. The first-order chi connectivity index (χ1) is 48.3. The molecule has 2 aromatic carbocycles. The highest BCUT2D eigenvalue weighted by atomic mass is 19.4. The lowest BCUT2D eigenvalue weighted by Gasteiger charge is -2.41. The number of esters is 1. The van der Waals surface area contributed by atoms with Crippen molar-refractivity contribution in [3.8, 4) is 11.8 Å². The lowest BCUT2D eigenvalue weighted by atomic mass is 9.89. The number of anilines is 1. The Kier molecular flexibility index (Phi) is 33.9. The van der Waals surface area contributed by atoms with Crippen molar-refractivity contribution < 1.29 is 97.3 Å². The van der Waals surface area contributed by atoms with Crippen LogP contribution in [0, 0.1) is 75.9 Å². The highest BCUT2D eigenvalue weighted by molar-refractivity contribution is 5.98. The summed E-state index contributed by atoms with van der Waals surface area (Å²) in [4.78, 5) is 141. The monoisotopic (exact) mass is 1470 g/mol. The molecular weight excluding hydrogens is 1370 g/mol. The second kappa shape index (κ2) is 40.1. The molecule has 2 aromatic rings. The summed E-state index contributed by atoms with van der Waals surface area (Å²) in [6.07, 6.45) is -7.17. The number of nitrogens with zero attached hydrogens (tertiary/aromatic N) is 5. The summed E-state index contributed by atoms with van der Waals surface area (Å²) >= 11 is 0. The van der Waals surface area contributed by atoms with E-state index >= 15 is 0 Å². The third-order valence-electron chi connectivity index (χ3n) is 18.8. The van der Waals surface area contributed by atoms with Crippen molar-refractivity contribution in [2.75, 3.05) is 66.9 Å². The summed E-state index contributed by atoms with van der Waals surface area (Å²) in [6, 6.07) is -2.25.